The molecule has 1 heterocycles. The summed E-state index contributed by atoms with van der Waals surface area (Å²) < 4.78 is 12.7. The molecule has 1 amide bonds. The molecule has 2 aromatic rings. The van der Waals surface area contributed by atoms with Gasteiger partial charge in [-0.2, -0.15) is 0 Å². The lowest BCUT2D eigenvalue weighted by atomic mass is 9.77. The van der Waals surface area contributed by atoms with Gasteiger partial charge in [0.1, 0.15) is 0 Å². The highest BCUT2D eigenvalue weighted by molar-refractivity contribution is 6.62. The maximum absolute atomic E-state index is 13.7. The van der Waals surface area contributed by atoms with Gasteiger partial charge >= 0.3 is 7.12 Å². The fourth-order valence-electron chi connectivity index (χ4n) is 4.88. The van der Waals surface area contributed by atoms with Crippen molar-refractivity contribution in [3.63, 3.8) is 0 Å². The average Bonchev–Trinajstić information content (AvgIpc) is 3.10. The summed E-state index contributed by atoms with van der Waals surface area (Å²) in [6.45, 7) is 14.5. The molecule has 5 heteroatoms. The van der Waals surface area contributed by atoms with Gasteiger partial charge in [-0.3, -0.25) is 4.79 Å². The second-order valence-electron chi connectivity index (χ2n) is 11.5. The molecule has 37 heavy (non-hydrogen) atoms. The smallest absolute Gasteiger partial charge is 0.399 e. The third-order valence-electron chi connectivity index (χ3n) is 8.00. The van der Waals surface area contributed by atoms with Crippen molar-refractivity contribution in [3.8, 4) is 11.1 Å². The van der Waals surface area contributed by atoms with Gasteiger partial charge in [0.2, 0.25) is 5.91 Å². The first-order valence-electron chi connectivity index (χ1n) is 14.5. The molecule has 0 saturated carbocycles. The number of amides is 1. The number of benzene rings is 2. The number of unbranched alkanes of at least 4 members (excludes halogenated alkanes) is 6. The van der Waals surface area contributed by atoms with E-state index in [1.807, 2.05) is 6.07 Å². The maximum Gasteiger partial charge on any atom is 0.494 e. The quantitative estimate of drug-likeness (QED) is 0.202. The maximum atomic E-state index is 13.7. The van der Waals surface area contributed by atoms with Crippen molar-refractivity contribution in [1.82, 2.24) is 4.90 Å². The lowest BCUT2D eigenvalue weighted by Crippen LogP contribution is -2.41. The Balaban J connectivity index is 1.86. The standard InChI is InChI=1S/C32H48BNO3/c1-7-9-11-16-22-34(23-17-12-10-8-2)30(35)25-27-24-28(33-36-31(3,4)32(5,6)37-33)20-21-29(27)26-18-14-13-15-19-26/h13-15,18-21,24H,7-12,16-17,22-23,25H2,1-6H3. The van der Waals surface area contributed by atoms with E-state index in [-0.39, 0.29) is 5.91 Å². The molecule has 0 radical (unpaired) electrons. The van der Waals surface area contributed by atoms with E-state index in [0.29, 0.717) is 6.42 Å². The molecule has 1 aliphatic heterocycles. The highest BCUT2D eigenvalue weighted by Gasteiger charge is 2.51. The van der Waals surface area contributed by atoms with E-state index < -0.39 is 18.3 Å². The van der Waals surface area contributed by atoms with Crippen LogP contribution in [0.25, 0.3) is 11.1 Å². The normalized spacial score (nSPS) is 16.2. The molecule has 2 aromatic carbocycles. The van der Waals surface area contributed by atoms with Crippen LogP contribution >= 0.6 is 0 Å². The van der Waals surface area contributed by atoms with Crippen LogP contribution in [0.15, 0.2) is 48.5 Å². The first-order valence-corrected chi connectivity index (χ1v) is 14.5. The Hall–Kier alpha value is -2.11. The molecule has 202 valence electrons. The summed E-state index contributed by atoms with van der Waals surface area (Å²) >= 11 is 0. The third kappa shape index (κ3) is 7.94. The van der Waals surface area contributed by atoms with Gasteiger partial charge in [0.05, 0.1) is 17.6 Å². The Morgan fingerprint density at radius 3 is 1.89 bits per heavy atom. The van der Waals surface area contributed by atoms with E-state index in [0.717, 1.165) is 48.1 Å². The van der Waals surface area contributed by atoms with E-state index in [4.69, 9.17) is 9.31 Å². The molecule has 0 unspecified atom stereocenters. The fourth-order valence-corrected chi connectivity index (χ4v) is 4.88. The monoisotopic (exact) mass is 505 g/mol. The van der Waals surface area contributed by atoms with Gasteiger partial charge in [-0.15, -0.1) is 0 Å². The number of hydrogen-bond donors (Lipinski definition) is 0. The van der Waals surface area contributed by atoms with Crippen molar-refractivity contribution < 1.29 is 14.1 Å². The van der Waals surface area contributed by atoms with Crippen LogP contribution in [0.5, 0.6) is 0 Å². The van der Waals surface area contributed by atoms with E-state index in [1.54, 1.807) is 0 Å². The molecule has 0 aliphatic carbocycles. The van der Waals surface area contributed by atoms with Gasteiger partial charge in [0.25, 0.3) is 0 Å². The summed E-state index contributed by atoms with van der Waals surface area (Å²) in [6, 6.07) is 16.7. The summed E-state index contributed by atoms with van der Waals surface area (Å²) in [7, 11) is -0.442. The Bertz CT molecular complexity index is 961. The molecule has 1 saturated heterocycles. The van der Waals surface area contributed by atoms with Crippen molar-refractivity contribution in [2.24, 2.45) is 0 Å². The SMILES string of the molecule is CCCCCCN(CCCCCC)C(=O)Cc1cc(B2OC(C)(C)C(C)(C)O2)ccc1-c1ccccc1. The molecular weight excluding hydrogens is 457 g/mol. The minimum atomic E-state index is -0.442. The third-order valence-corrected chi connectivity index (χ3v) is 8.00. The molecule has 0 N–H and O–H groups in total. The second-order valence-corrected chi connectivity index (χ2v) is 11.5. The summed E-state index contributed by atoms with van der Waals surface area (Å²) in [6.07, 6.45) is 9.77. The van der Waals surface area contributed by atoms with Crippen molar-refractivity contribution >= 4 is 18.5 Å². The number of rotatable bonds is 14. The van der Waals surface area contributed by atoms with Crippen LogP contribution in [-0.2, 0) is 20.5 Å². The lowest BCUT2D eigenvalue weighted by molar-refractivity contribution is -0.130. The first kappa shape index (κ1) is 29.5. The minimum absolute atomic E-state index is 0.219. The highest BCUT2D eigenvalue weighted by Crippen LogP contribution is 2.37. The zero-order chi connectivity index (χ0) is 26.9. The van der Waals surface area contributed by atoms with Crippen LogP contribution in [-0.4, -0.2) is 42.2 Å². The van der Waals surface area contributed by atoms with Crippen LogP contribution in [0.2, 0.25) is 0 Å². The Morgan fingerprint density at radius 1 is 0.784 bits per heavy atom. The van der Waals surface area contributed by atoms with Crippen LogP contribution in [0.1, 0.15) is 98.5 Å². The molecule has 0 aromatic heterocycles. The van der Waals surface area contributed by atoms with E-state index >= 15 is 0 Å². The van der Waals surface area contributed by atoms with Gasteiger partial charge in [0, 0.05) is 13.1 Å². The molecule has 0 spiro atoms. The average molecular weight is 506 g/mol. The highest BCUT2D eigenvalue weighted by atomic mass is 16.7. The molecule has 3 rings (SSSR count). The topological polar surface area (TPSA) is 38.8 Å². The Labute approximate surface area is 226 Å². The van der Waals surface area contributed by atoms with E-state index in [9.17, 15) is 4.79 Å². The summed E-state index contributed by atoms with van der Waals surface area (Å²) in [5.74, 6) is 0.219. The predicted molar refractivity (Wildman–Crippen MR) is 156 cm³/mol. The molecule has 0 bridgehead atoms. The molecule has 1 fully saturated rings. The zero-order valence-electron chi connectivity index (χ0n) is 24.1. The number of nitrogens with zero attached hydrogens (tertiary/aromatic N) is 1. The largest absolute Gasteiger partial charge is 0.494 e. The zero-order valence-corrected chi connectivity index (χ0v) is 24.1. The van der Waals surface area contributed by atoms with Gasteiger partial charge in [0.15, 0.2) is 0 Å². The molecular formula is C32H48BNO3. The summed E-state index contributed by atoms with van der Waals surface area (Å²) in [5.41, 5.74) is 3.43. The molecule has 4 nitrogen and oxygen atoms in total. The summed E-state index contributed by atoms with van der Waals surface area (Å²) in [4.78, 5) is 15.8. The van der Waals surface area contributed by atoms with Gasteiger partial charge < -0.3 is 14.2 Å². The van der Waals surface area contributed by atoms with Gasteiger partial charge in [-0.05, 0) is 62.7 Å². The number of carbonyl (C=O) groups excluding carboxylic acids is 1. The number of hydrogen-bond acceptors (Lipinski definition) is 3. The van der Waals surface area contributed by atoms with Crippen LogP contribution < -0.4 is 5.46 Å². The fraction of sp³-hybridized carbons (Fsp3) is 0.594. The Morgan fingerprint density at radius 2 is 1.35 bits per heavy atom. The van der Waals surface area contributed by atoms with Crippen LogP contribution in [0, 0.1) is 0 Å². The second kappa shape index (κ2) is 13.6. The van der Waals surface area contributed by atoms with E-state index in [1.165, 1.54) is 38.5 Å². The Kier molecular flexibility index (Phi) is 10.8. The van der Waals surface area contributed by atoms with E-state index in [2.05, 4.69) is 88.9 Å². The van der Waals surface area contributed by atoms with Gasteiger partial charge in [-0.1, -0.05) is 101 Å². The molecule has 1 aliphatic rings. The minimum Gasteiger partial charge on any atom is -0.399 e. The lowest BCUT2D eigenvalue weighted by Gasteiger charge is -2.32. The first-order chi connectivity index (χ1) is 17.7. The van der Waals surface area contributed by atoms with Gasteiger partial charge in [-0.25, -0.2) is 0 Å². The molecule has 0 atom stereocenters. The number of carbonyl (C=O) groups is 1. The van der Waals surface area contributed by atoms with Crippen molar-refractivity contribution in [1.29, 1.82) is 0 Å². The predicted octanol–water partition coefficient (Wildman–Crippen LogP) is 7.18. The van der Waals surface area contributed by atoms with Crippen LogP contribution in [0.4, 0.5) is 0 Å². The van der Waals surface area contributed by atoms with Crippen molar-refractivity contribution in [2.45, 2.75) is 111 Å². The summed E-state index contributed by atoms with van der Waals surface area (Å²) in [5, 5.41) is 0. The van der Waals surface area contributed by atoms with Crippen molar-refractivity contribution in [2.75, 3.05) is 13.1 Å². The van der Waals surface area contributed by atoms with Crippen LogP contribution in [0.3, 0.4) is 0 Å². The van der Waals surface area contributed by atoms with Crippen molar-refractivity contribution in [3.05, 3.63) is 54.1 Å².